The van der Waals surface area contributed by atoms with Crippen molar-refractivity contribution in [1.82, 2.24) is 9.38 Å². The molecule has 0 atom stereocenters. The van der Waals surface area contributed by atoms with Gasteiger partial charge >= 0.3 is 0 Å². The highest BCUT2D eigenvalue weighted by Crippen LogP contribution is 2.47. The Morgan fingerprint density at radius 3 is 1.76 bits per heavy atom. The summed E-state index contributed by atoms with van der Waals surface area (Å²) in [5.41, 5.74) is 15.7. The molecule has 0 spiro atoms. The standard InChI is InChI=1S/C31H26N2/c1-19-17-21(3)26(22(4)18-19)29-30-28(24-13-9-6-10-14-24)27(23-11-7-5-8-12-23)25-16-15-20(2)31(32-29)33(25)30/h5-18H,1-4H3. The van der Waals surface area contributed by atoms with Crippen LogP contribution in [-0.2, 0) is 0 Å². The van der Waals surface area contributed by atoms with E-state index in [1.54, 1.807) is 0 Å². The van der Waals surface area contributed by atoms with Crippen molar-refractivity contribution in [3.05, 3.63) is 107 Å². The summed E-state index contributed by atoms with van der Waals surface area (Å²) in [5.74, 6) is 0. The van der Waals surface area contributed by atoms with Crippen molar-refractivity contribution >= 4 is 16.7 Å². The molecule has 0 aliphatic carbocycles. The van der Waals surface area contributed by atoms with Gasteiger partial charge in [-0.15, -0.1) is 0 Å². The van der Waals surface area contributed by atoms with Gasteiger partial charge in [-0.05, 0) is 61.6 Å². The zero-order valence-electron chi connectivity index (χ0n) is 19.5. The van der Waals surface area contributed by atoms with Gasteiger partial charge in [0.25, 0.3) is 0 Å². The summed E-state index contributed by atoms with van der Waals surface area (Å²) in [6.07, 6.45) is 0. The first kappa shape index (κ1) is 19.8. The molecule has 0 N–H and O–H groups in total. The Morgan fingerprint density at radius 1 is 0.576 bits per heavy atom. The van der Waals surface area contributed by atoms with Crippen LogP contribution in [0.4, 0.5) is 0 Å². The third kappa shape index (κ3) is 2.91. The Kier molecular flexibility index (Phi) is 4.38. The van der Waals surface area contributed by atoms with Crippen LogP contribution >= 0.6 is 0 Å². The van der Waals surface area contributed by atoms with Crippen molar-refractivity contribution in [1.29, 1.82) is 0 Å². The number of hydrogen-bond donors (Lipinski definition) is 0. The number of aryl methyl sites for hydroxylation is 4. The Bertz CT molecular complexity index is 1600. The van der Waals surface area contributed by atoms with E-state index in [0.29, 0.717) is 0 Å². The molecule has 0 saturated heterocycles. The molecule has 0 bridgehead atoms. The van der Waals surface area contributed by atoms with Crippen LogP contribution in [0.1, 0.15) is 22.3 Å². The van der Waals surface area contributed by atoms with E-state index in [2.05, 4.69) is 117 Å². The highest BCUT2D eigenvalue weighted by Gasteiger charge is 2.26. The number of nitrogens with zero attached hydrogens (tertiary/aromatic N) is 2. The average Bonchev–Trinajstić information content (AvgIpc) is 3.35. The molecule has 2 nitrogen and oxygen atoms in total. The van der Waals surface area contributed by atoms with Gasteiger partial charge in [-0.2, -0.15) is 0 Å². The Hall–Kier alpha value is -3.91. The summed E-state index contributed by atoms with van der Waals surface area (Å²) in [7, 11) is 0. The van der Waals surface area contributed by atoms with E-state index >= 15 is 0 Å². The van der Waals surface area contributed by atoms with Crippen molar-refractivity contribution in [3.8, 4) is 33.5 Å². The predicted octanol–water partition coefficient (Wildman–Crippen LogP) is 8.16. The maximum atomic E-state index is 5.28. The van der Waals surface area contributed by atoms with E-state index in [-0.39, 0.29) is 0 Å². The van der Waals surface area contributed by atoms with Gasteiger partial charge in [0.1, 0.15) is 5.65 Å². The molecule has 6 aromatic rings. The molecular formula is C31H26N2. The van der Waals surface area contributed by atoms with Gasteiger partial charge in [0.05, 0.1) is 16.7 Å². The van der Waals surface area contributed by atoms with Crippen molar-refractivity contribution in [2.45, 2.75) is 27.7 Å². The topological polar surface area (TPSA) is 17.3 Å². The second-order valence-corrected chi connectivity index (χ2v) is 9.13. The minimum atomic E-state index is 1.04. The first-order valence-corrected chi connectivity index (χ1v) is 11.5. The van der Waals surface area contributed by atoms with E-state index in [4.69, 9.17) is 4.98 Å². The van der Waals surface area contributed by atoms with E-state index in [1.165, 1.54) is 61.1 Å². The van der Waals surface area contributed by atoms with Crippen LogP contribution < -0.4 is 0 Å². The average molecular weight is 427 g/mol. The normalized spacial score (nSPS) is 11.6. The van der Waals surface area contributed by atoms with Crippen LogP contribution in [0.5, 0.6) is 0 Å². The summed E-state index contributed by atoms with van der Waals surface area (Å²) in [4.78, 5) is 5.28. The second kappa shape index (κ2) is 7.31. The van der Waals surface area contributed by atoms with Crippen LogP contribution in [-0.4, -0.2) is 9.38 Å². The highest BCUT2D eigenvalue weighted by atomic mass is 15.0. The zero-order chi connectivity index (χ0) is 22.7. The monoisotopic (exact) mass is 426 g/mol. The smallest absolute Gasteiger partial charge is 0.141 e. The molecule has 0 saturated carbocycles. The molecule has 33 heavy (non-hydrogen) atoms. The summed E-state index contributed by atoms with van der Waals surface area (Å²) >= 11 is 0. The molecule has 2 heteroatoms. The predicted molar refractivity (Wildman–Crippen MR) is 139 cm³/mol. The van der Waals surface area contributed by atoms with Gasteiger partial charge in [0.15, 0.2) is 0 Å². The first-order chi connectivity index (χ1) is 16.0. The summed E-state index contributed by atoms with van der Waals surface area (Å²) in [5, 5.41) is 0. The lowest BCUT2D eigenvalue weighted by Gasteiger charge is -2.11. The van der Waals surface area contributed by atoms with Gasteiger partial charge in [0.2, 0.25) is 0 Å². The van der Waals surface area contributed by atoms with E-state index in [9.17, 15) is 0 Å². The van der Waals surface area contributed by atoms with Crippen LogP contribution in [0.25, 0.3) is 50.2 Å². The number of pyridine rings is 1. The van der Waals surface area contributed by atoms with Gasteiger partial charge in [-0.3, -0.25) is 4.40 Å². The quantitative estimate of drug-likeness (QED) is 0.279. The third-order valence-corrected chi connectivity index (χ3v) is 6.74. The van der Waals surface area contributed by atoms with Crippen LogP contribution in [0.15, 0.2) is 84.9 Å². The van der Waals surface area contributed by atoms with E-state index in [0.717, 1.165) is 11.3 Å². The number of rotatable bonds is 3. The molecule has 160 valence electrons. The minimum absolute atomic E-state index is 1.04. The lowest BCUT2D eigenvalue weighted by atomic mass is 9.92. The molecule has 0 radical (unpaired) electrons. The van der Waals surface area contributed by atoms with Gasteiger partial charge in [-0.25, -0.2) is 4.98 Å². The fourth-order valence-electron chi connectivity index (χ4n) is 5.46. The molecule has 0 unspecified atom stereocenters. The van der Waals surface area contributed by atoms with Gasteiger partial charge in [0, 0.05) is 16.7 Å². The van der Waals surface area contributed by atoms with Crippen LogP contribution in [0.3, 0.4) is 0 Å². The molecule has 6 rings (SSSR count). The lowest BCUT2D eigenvalue weighted by molar-refractivity contribution is 1.26. The van der Waals surface area contributed by atoms with E-state index < -0.39 is 0 Å². The maximum Gasteiger partial charge on any atom is 0.141 e. The van der Waals surface area contributed by atoms with E-state index in [1.807, 2.05) is 0 Å². The van der Waals surface area contributed by atoms with Gasteiger partial charge in [-0.1, -0.05) is 84.4 Å². The largest absolute Gasteiger partial charge is 0.291 e. The Balaban J connectivity index is 1.86. The second-order valence-electron chi connectivity index (χ2n) is 9.13. The highest BCUT2D eigenvalue weighted by molar-refractivity contribution is 6.10. The van der Waals surface area contributed by atoms with Crippen LogP contribution in [0.2, 0.25) is 0 Å². The number of aromatic nitrogens is 2. The van der Waals surface area contributed by atoms with Crippen molar-refractivity contribution < 1.29 is 0 Å². The minimum Gasteiger partial charge on any atom is -0.291 e. The molecule has 3 heterocycles. The third-order valence-electron chi connectivity index (χ3n) is 6.74. The fourth-order valence-corrected chi connectivity index (χ4v) is 5.46. The molecule has 3 aromatic heterocycles. The fraction of sp³-hybridized carbons (Fsp3) is 0.129. The maximum absolute atomic E-state index is 5.28. The van der Waals surface area contributed by atoms with Crippen molar-refractivity contribution in [2.24, 2.45) is 0 Å². The molecular weight excluding hydrogens is 400 g/mol. The summed E-state index contributed by atoms with van der Waals surface area (Å²) in [6, 6.07) is 30.5. The first-order valence-electron chi connectivity index (χ1n) is 11.5. The Morgan fingerprint density at radius 2 is 1.15 bits per heavy atom. The number of imidazole rings is 1. The van der Waals surface area contributed by atoms with Crippen molar-refractivity contribution in [3.63, 3.8) is 0 Å². The molecule has 0 aliphatic rings. The number of benzene rings is 3. The van der Waals surface area contributed by atoms with Crippen molar-refractivity contribution in [2.75, 3.05) is 0 Å². The molecule has 0 aliphatic heterocycles. The lowest BCUT2D eigenvalue weighted by Crippen LogP contribution is -1.92. The molecule has 0 fully saturated rings. The van der Waals surface area contributed by atoms with Crippen LogP contribution in [0, 0.1) is 27.7 Å². The summed E-state index contributed by atoms with van der Waals surface area (Å²) < 4.78 is 2.38. The SMILES string of the molecule is Cc1cc(C)c(-c2nc3c(C)ccc4c(-c5ccccc5)c(-c5ccccc5)c2n43)c(C)c1. The Labute approximate surface area is 194 Å². The number of hydrogen-bond acceptors (Lipinski definition) is 1. The summed E-state index contributed by atoms with van der Waals surface area (Å²) in [6.45, 7) is 8.74. The molecule has 0 amide bonds. The van der Waals surface area contributed by atoms with Gasteiger partial charge < -0.3 is 0 Å². The zero-order valence-corrected chi connectivity index (χ0v) is 19.5. The molecule has 3 aromatic carbocycles.